The fourth-order valence-corrected chi connectivity index (χ4v) is 3.10. The maximum Gasteiger partial charge on any atom is 0.416 e. The topological polar surface area (TPSA) is 0 Å². The van der Waals surface area contributed by atoms with Crippen LogP contribution in [-0.4, -0.2) is 4.86 Å². The van der Waals surface area contributed by atoms with E-state index in [2.05, 4.69) is 0 Å². The summed E-state index contributed by atoms with van der Waals surface area (Å²) in [5.41, 5.74) is -3.70. The molecule has 0 radical (unpaired) electrons. The maximum absolute atomic E-state index is 12.9. The fraction of sp³-hybridized carbons (Fsp3) is 0.316. The van der Waals surface area contributed by atoms with Gasteiger partial charge in [-0.3, -0.25) is 0 Å². The van der Waals surface area contributed by atoms with Gasteiger partial charge in [-0.15, -0.1) is 0 Å². The van der Waals surface area contributed by atoms with Crippen molar-refractivity contribution in [1.82, 2.24) is 0 Å². The molecule has 0 saturated heterocycles. The van der Waals surface area contributed by atoms with Crippen LogP contribution in [0.3, 0.4) is 0 Å². The largest absolute Gasteiger partial charge is 0.416 e. The molecule has 158 valence electrons. The number of hydrogen-bond donors (Lipinski definition) is 0. The predicted octanol–water partition coefficient (Wildman–Crippen LogP) is 7.21. The molecular weight excluding hydrogens is 431 g/mol. The molecule has 0 spiro atoms. The number of halogens is 9. The van der Waals surface area contributed by atoms with Gasteiger partial charge in [-0.25, -0.2) is 0 Å². The van der Waals surface area contributed by atoms with Crippen molar-refractivity contribution >= 4 is 17.1 Å². The van der Waals surface area contributed by atoms with Crippen LogP contribution >= 0.6 is 12.2 Å². The molecule has 2 aromatic rings. The van der Waals surface area contributed by atoms with E-state index in [-0.39, 0.29) is 28.5 Å². The molecule has 0 saturated carbocycles. The van der Waals surface area contributed by atoms with Gasteiger partial charge in [-0.2, -0.15) is 39.5 Å². The van der Waals surface area contributed by atoms with Gasteiger partial charge in [0.1, 0.15) is 0 Å². The third-order valence-corrected chi connectivity index (χ3v) is 4.20. The second-order valence-corrected chi connectivity index (χ2v) is 7.09. The van der Waals surface area contributed by atoms with Gasteiger partial charge in [-0.05, 0) is 48.4 Å². The number of aryl methyl sites for hydroxylation is 1. The molecule has 0 amide bonds. The molecule has 2 aromatic carbocycles. The van der Waals surface area contributed by atoms with Crippen LogP contribution in [0.2, 0.25) is 0 Å². The lowest BCUT2D eigenvalue weighted by Crippen LogP contribution is -2.13. The molecule has 2 rings (SSSR count). The quantitative estimate of drug-likeness (QED) is 0.355. The van der Waals surface area contributed by atoms with E-state index >= 15 is 0 Å². The second kappa shape index (κ2) is 7.97. The van der Waals surface area contributed by atoms with E-state index in [9.17, 15) is 39.5 Å². The lowest BCUT2D eigenvalue weighted by atomic mass is 9.97. The van der Waals surface area contributed by atoms with Crippen LogP contribution in [-0.2, 0) is 31.4 Å². The maximum atomic E-state index is 12.9. The summed E-state index contributed by atoms with van der Waals surface area (Å²) in [6.07, 6.45) is -15.2. The van der Waals surface area contributed by atoms with Gasteiger partial charge >= 0.3 is 18.5 Å². The minimum Gasteiger partial charge on any atom is -0.166 e. The minimum atomic E-state index is -4.99. The molecule has 0 aliphatic heterocycles. The van der Waals surface area contributed by atoms with Crippen LogP contribution in [0, 0.1) is 6.92 Å². The Morgan fingerprint density at radius 1 is 0.621 bits per heavy atom. The number of alkyl halides is 9. The van der Waals surface area contributed by atoms with Gasteiger partial charge in [0.15, 0.2) is 0 Å². The van der Waals surface area contributed by atoms with E-state index in [1.165, 1.54) is 13.0 Å². The molecule has 0 bridgehead atoms. The van der Waals surface area contributed by atoms with Gasteiger partial charge in [0.05, 0.1) is 16.7 Å². The first kappa shape index (κ1) is 23.2. The highest BCUT2D eigenvalue weighted by molar-refractivity contribution is 7.80. The lowest BCUT2D eigenvalue weighted by Gasteiger charge is -2.15. The molecule has 0 heterocycles. The Morgan fingerprint density at radius 3 is 1.34 bits per heavy atom. The van der Waals surface area contributed by atoms with Crippen LogP contribution in [0.25, 0.3) is 0 Å². The summed E-state index contributed by atoms with van der Waals surface area (Å²) < 4.78 is 116. The number of hydrogen-bond acceptors (Lipinski definition) is 1. The summed E-state index contributed by atoms with van der Waals surface area (Å²) in [7, 11) is 0. The van der Waals surface area contributed by atoms with E-state index in [4.69, 9.17) is 12.2 Å². The summed E-state index contributed by atoms with van der Waals surface area (Å²) in [5, 5.41) is 0. The summed E-state index contributed by atoms with van der Waals surface area (Å²) in [4.78, 5) is 0.0103. The second-order valence-electron chi connectivity index (χ2n) is 6.51. The first-order valence-electron chi connectivity index (χ1n) is 8.03. The Kier molecular flexibility index (Phi) is 6.37. The summed E-state index contributed by atoms with van der Waals surface area (Å²) in [6.45, 7) is 1.43. The first-order valence-corrected chi connectivity index (χ1v) is 8.44. The summed E-state index contributed by atoms with van der Waals surface area (Å²) >= 11 is 5.03. The van der Waals surface area contributed by atoms with E-state index in [1.807, 2.05) is 0 Å². The molecule has 0 aliphatic carbocycles. The van der Waals surface area contributed by atoms with Crippen molar-refractivity contribution in [3.8, 4) is 0 Å². The first-order chi connectivity index (χ1) is 13.1. The van der Waals surface area contributed by atoms with Crippen LogP contribution in [0.4, 0.5) is 39.5 Å². The van der Waals surface area contributed by atoms with E-state index in [1.54, 1.807) is 0 Å². The van der Waals surface area contributed by atoms with Gasteiger partial charge in [0.25, 0.3) is 0 Å². The zero-order chi connectivity index (χ0) is 22.2. The van der Waals surface area contributed by atoms with Gasteiger partial charge in [0, 0.05) is 17.7 Å². The molecule has 0 unspecified atom stereocenters. The Balaban J connectivity index is 2.30. The Bertz CT molecular complexity index is 873. The average molecular weight is 444 g/mol. The molecular formula is C19H13F9S. The monoisotopic (exact) mass is 444 g/mol. The minimum absolute atomic E-state index is 0.00269. The van der Waals surface area contributed by atoms with Crippen LogP contribution in [0.1, 0.15) is 33.4 Å². The Morgan fingerprint density at radius 2 is 0.966 bits per heavy atom. The number of rotatable bonds is 4. The highest BCUT2D eigenvalue weighted by Gasteiger charge is 2.37. The average Bonchev–Trinajstić information content (AvgIpc) is 2.51. The summed E-state index contributed by atoms with van der Waals surface area (Å²) in [5.74, 6) is 0. The fourth-order valence-electron chi connectivity index (χ4n) is 2.77. The molecule has 29 heavy (non-hydrogen) atoms. The third kappa shape index (κ3) is 6.45. The number of thiocarbonyl (C=S) groups is 1. The number of benzene rings is 2. The molecule has 0 atom stereocenters. The normalized spacial score (nSPS) is 12.9. The van der Waals surface area contributed by atoms with E-state index < -0.39 is 41.6 Å². The molecule has 0 aliphatic rings. The highest BCUT2D eigenvalue weighted by Crippen LogP contribution is 2.36. The molecule has 0 aromatic heterocycles. The smallest absolute Gasteiger partial charge is 0.166 e. The molecule has 0 fully saturated rings. The standard InChI is InChI=1S/C19H13F9S/c1-10-2-11(4-13(3-10)17(20,21)22)7-16(29)8-12-5-14(18(23,24)25)9-15(6-12)19(26,27)28/h2-6,9H,7-8H2,1H3. The predicted molar refractivity (Wildman–Crippen MR) is 92.6 cm³/mol. The zero-order valence-electron chi connectivity index (χ0n) is 14.7. The Hall–Kier alpha value is -2.10. The van der Waals surface area contributed by atoms with Crippen molar-refractivity contribution < 1.29 is 39.5 Å². The van der Waals surface area contributed by atoms with Crippen molar-refractivity contribution in [3.05, 3.63) is 69.8 Å². The van der Waals surface area contributed by atoms with Crippen molar-refractivity contribution in [3.63, 3.8) is 0 Å². The van der Waals surface area contributed by atoms with Gasteiger partial charge < -0.3 is 0 Å². The SMILES string of the molecule is Cc1cc(CC(=S)Cc2cc(C(F)(F)F)cc(C(F)(F)F)c2)cc(C(F)(F)F)c1. The van der Waals surface area contributed by atoms with E-state index in [0.29, 0.717) is 17.7 Å². The Labute approximate surface area is 165 Å². The van der Waals surface area contributed by atoms with Crippen LogP contribution in [0.15, 0.2) is 36.4 Å². The highest BCUT2D eigenvalue weighted by atomic mass is 32.1. The third-order valence-electron chi connectivity index (χ3n) is 3.91. The van der Waals surface area contributed by atoms with Crippen molar-refractivity contribution in [2.45, 2.75) is 38.3 Å². The van der Waals surface area contributed by atoms with Crippen molar-refractivity contribution in [2.75, 3.05) is 0 Å². The van der Waals surface area contributed by atoms with Crippen molar-refractivity contribution in [2.24, 2.45) is 0 Å². The van der Waals surface area contributed by atoms with Gasteiger partial charge in [-0.1, -0.05) is 23.8 Å². The zero-order valence-corrected chi connectivity index (χ0v) is 15.5. The van der Waals surface area contributed by atoms with Crippen LogP contribution in [0.5, 0.6) is 0 Å². The summed E-state index contributed by atoms with van der Waals surface area (Å²) in [6, 6.07) is 4.32. The molecule has 10 heteroatoms. The van der Waals surface area contributed by atoms with Crippen molar-refractivity contribution in [1.29, 1.82) is 0 Å². The lowest BCUT2D eigenvalue weighted by molar-refractivity contribution is -0.143. The van der Waals surface area contributed by atoms with E-state index in [0.717, 1.165) is 12.1 Å². The molecule has 0 N–H and O–H groups in total. The van der Waals surface area contributed by atoms with Crippen LogP contribution < -0.4 is 0 Å². The van der Waals surface area contributed by atoms with Gasteiger partial charge in [0.2, 0.25) is 0 Å². The molecule has 0 nitrogen and oxygen atoms in total.